The number of rotatable bonds is 4. The SMILES string of the molecule is CC(C)CNC(=S)NCC1CCCN(C)C1. The van der Waals surface area contributed by atoms with E-state index >= 15 is 0 Å². The maximum absolute atomic E-state index is 5.23. The Balaban J connectivity index is 2.11. The lowest BCUT2D eigenvalue weighted by Crippen LogP contribution is -2.43. The minimum absolute atomic E-state index is 0.639. The number of nitrogens with one attached hydrogen (secondary N) is 2. The van der Waals surface area contributed by atoms with Gasteiger partial charge >= 0.3 is 0 Å². The highest BCUT2D eigenvalue weighted by molar-refractivity contribution is 7.80. The second kappa shape index (κ2) is 7.07. The smallest absolute Gasteiger partial charge is 0.166 e. The zero-order chi connectivity index (χ0) is 12.0. The van der Waals surface area contributed by atoms with Crippen LogP contribution in [0.4, 0.5) is 0 Å². The predicted molar refractivity (Wildman–Crippen MR) is 73.7 cm³/mol. The van der Waals surface area contributed by atoms with Gasteiger partial charge in [0, 0.05) is 19.6 Å². The molecular weight excluding hydrogens is 218 g/mol. The Hall–Kier alpha value is -0.350. The first-order valence-electron chi connectivity index (χ1n) is 6.28. The van der Waals surface area contributed by atoms with Crippen LogP contribution in [-0.2, 0) is 0 Å². The van der Waals surface area contributed by atoms with E-state index in [4.69, 9.17) is 12.2 Å². The molecule has 2 N–H and O–H groups in total. The molecule has 16 heavy (non-hydrogen) atoms. The van der Waals surface area contributed by atoms with Crippen molar-refractivity contribution in [2.24, 2.45) is 11.8 Å². The van der Waals surface area contributed by atoms with Crippen LogP contribution in [0.15, 0.2) is 0 Å². The second-order valence-corrected chi connectivity index (χ2v) is 5.66. The van der Waals surface area contributed by atoms with Crippen molar-refractivity contribution in [2.45, 2.75) is 26.7 Å². The Morgan fingerprint density at radius 2 is 2.19 bits per heavy atom. The molecule has 0 amide bonds. The van der Waals surface area contributed by atoms with Gasteiger partial charge in [-0.25, -0.2) is 0 Å². The first-order chi connectivity index (χ1) is 7.58. The highest BCUT2D eigenvalue weighted by Gasteiger charge is 2.16. The maximum Gasteiger partial charge on any atom is 0.166 e. The normalized spacial score (nSPS) is 22.1. The fraction of sp³-hybridized carbons (Fsp3) is 0.917. The van der Waals surface area contributed by atoms with E-state index in [-0.39, 0.29) is 0 Å². The molecule has 0 radical (unpaired) electrons. The third kappa shape index (κ3) is 5.66. The van der Waals surface area contributed by atoms with Gasteiger partial charge < -0.3 is 15.5 Å². The quantitative estimate of drug-likeness (QED) is 0.731. The average molecular weight is 243 g/mol. The molecule has 1 aliphatic heterocycles. The van der Waals surface area contributed by atoms with Crippen LogP contribution in [0.2, 0.25) is 0 Å². The predicted octanol–water partition coefficient (Wildman–Crippen LogP) is 1.45. The van der Waals surface area contributed by atoms with E-state index in [1.165, 1.54) is 25.9 Å². The Kier molecular flexibility index (Phi) is 6.06. The number of nitrogens with zero attached hydrogens (tertiary/aromatic N) is 1. The van der Waals surface area contributed by atoms with Crippen LogP contribution in [0, 0.1) is 11.8 Å². The molecule has 94 valence electrons. The number of likely N-dealkylation sites (tertiary alicyclic amines) is 1. The number of thiocarbonyl (C=S) groups is 1. The number of hydrogen-bond acceptors (Lipinski definition) is 2. The van der Waals surface area contributed by atoms with Crippen LogP contribution in [0.5, 0.6) is 0 Å². The van der Waals surface area contributed by atoms with Crippen molar-refractivity contribution in [2.75, 3.05) is 33.2 Å². The summed E-state index contributed by atoms with van der Waals surface area (Å²) >= 11 is 5.23. The van der Waals surface area contributed by atoms with Gasteiger partial charge in [0.05, 0.1) is 0 Å². The van der Waals surface area contributed by atoms with Gasteiger partial charge in [-0.3, -0.25) is 0 Å². The van der Waals surface area contributed by atoms with Crippen molar-refractivity contribution >= 4 is 17.3 Å². The van der Waals surface area contributed by atoms with Crippen molar-refractivity contribution in [3.8, 4) is 0 Å². The summed E-state index contributed by atoms with van der Waals surface area (Å²) in [4.78, 5) is 2.40. The molecule has 0 aromatic rings. The molecule has 0 saturated carbocycles. The molecule has 0 aromatic carbocycles. The number of hydrogen-bond donors (Lipinski definition) is 2. The van der Waals surface area contributed by atoms with Gasteiger partial charge in [-0.15, -0.1) is 0 Å². The Morgan fingerprint density at radius 1 is 1.44 bits per heavy atom. The van der Waals surface area contributed by atoms with Gasteiger partial charge in [-0.1, -0.05) is 13.8 Å². The standard InChI is InChI=1S/C12H25N3S/c1-10(2)7-13-12(16)14-8-11-5-4-6-15(3)9-11/h10-11H,4-9H2,1-3H3,(H2,13,14,16). The van der Waals surface area contributed by atoms with E-state index in [0.29, 0.717) is 5.92 Å². The van der Waals surface area contributed by atoms with E-state index in [0.717, 1.165) is 24.1 Å². The maximum atomic E-state index is 5.23. The van der Waals surface area contributed by atoms with Crippen LogP contribution >= 0.6 is 12.2 Å². The summed E-state index contributed by atoms with van der Waals surface area (Å²) in [6.07, 6.45) is 2.64. The molecule has 1 atom stereocenters. The van der Waals surface area contributed by atoms with Gasteiger partial charge in [0.1, 0.15) is 0 Å². The Morgan fingerprint density at radius 3 is 2.81 bits per heavy atom. The van der Waals surface area contributed by atoms with Crippen LogP contribution in [0.1, 0.15) is 26.7 Å². The summed E-state index contributed by atoms with van der Waals surface area (Å²) in [7, 11) is 2.20. The Labute approximate surface area is 105 Å². The minimum Gasteiger partial charge on any atom is -0.362 e. The molecule has 1 rings (SSSR count). The number of piperidine rings is 1. The monoisotopic (exact) mass is 243 g/mol. The van der Waals surface area contributed by atoms with E-state index in [9.17, 15) is 0 Å². The topological polar surface area (TPSA) is 27.3 Å². The highest BCUT2D eigenvalue weighted by atomic mass is 32.1. The molecule has 1 saturated heterocycles. The largest absolute Gasteiger partial charge is 0.362 e. The fourth-order valence-electron chi connectivity index (χ4n) is 2.04. The zero-order valence-corrected chi connectivity index (χ0v) is 11.6. The van der Waals surface area contributed by atoms with Crippen molar-refractivity contribution in [1.29, 1.82) is 0 Å². The van der Waals surface area contributed by atoms with Gasteiger partial charge in [0.15, 0.2) is 5.11 Å². The Bertz CT molecular complexity index is 218. The van der Waals surface area contributed by atoms with Crippen molar-refractivity contribution in [3.05, 3.63) is 0 Å². The lowest BCUT2D eigenvalue weighted by molar-refractivity contribution is 0.210. The third-order valence-corrected chi connectivity index (χ3v) is 3.23. The summed E-state index contributed by atoms with van der Waals surface area (Å²) in [6.45, 7) is 8.77. The van der Waals surface area contributed by atoms with Crippen LogP contribution in [-0.4, -0.2) is 43.2 Å². The lowest BCUT2D eigenvalue weighted by atomic mass is 9.99. The van der Waals surface area contributed by atoms with E-state index in [1.54, 1.807) is 0 Å². The summed E-state index contributed by atoms with van der Waals surface area (Å²) in [6, 6.07) is 0. The van der Waals surface area contributed by atoms with Gasteiger partial charge in [0.25, 0.3) is 0 Å². The molecule has 1 heterocycles. The molecule has 1 fully saturated rings. The summed E-state index contributed by atoms with van der Waals surface area (Å²) in [5, 5.41) is 7.37. The van der Waals surface area contributed by atoms with E-state index in [2.05, 4.69) is 36.4 Å². The molecule has 0 aliphatic carbocycles. The fourth-order valence-corrected chi connectivity index (χ4v) is 2.20. The summed E-state index contributed by atoms with van der Waals surface area (Å²) < 4.78 is 0. The average Bonchev–Trinajstić information content (AvgIpc) is 2.23. The van der Waals surface area contributed by atoms with Crippen molar-refractivity contribution in [1.82, 2.24) is 15.5 Å². The van der Waals surface area contributed by atoms with Gasteiger partial charge in [-0.2, -0.15) is 0 Å². The summed E-state index contributed by atoms with van der Waals surface area (Å²) in [5.74, 6) is 1.39. The van der Waals surface area contributed by atoms with Crippen LogP contribution in [0.3, 0.4) is 0 Å². The first kappa shape index (κ1) is 13.7. The van der Waals surface area contributed by atoms with Gasteiger partial charge in [-0.05, 0) is 50.5 Å². The molecule has 0 bridgehead atoms. The van der Waals surface area contributed by atoms with Gasteiger partial charge in [0.2, 0.25) is 0 Å². The van der Waals surface area contributed by atoms with Crippen LogP contribution in [0.25, 0.3) is 0 Å². The molecular formula is C12H25N3S. The van der Waals surface area contributed by atoms with Crippen LogP contribution < -0.4 is 10.6 Å². The molecule has 3 nitrogen and oxygen atoms in total. The lowest BCUT2D eigenvalue weighted by Gasteiger charge is -2.30. The minimum atomic E-state index is 0.639. The zero-order valence-electron chi connectivity index (χ0n) is 10.8. The summed E-state index contributed by atoms with van der Waals surface area (Å²) in [5.41, 5.74) is 0. The van der Waals surface area contributed by atoms with Crippen molar-refractivity contribution < 1.29 is 0 Å². The molecule has 1 unspecified atom stereocenters. The van der Waals surface area contributed by atoms with E-state index < -0.39 is 0 Å². The highest BCUT2D eigenvalue weighted by Crippen LogP contribution is 2.13. The van der Waals surface area contributed by atoms with E-state index in [1.807, 2.05) is 0 Å². The third-order valence-electron chi connectivity index (χ3n) is 2.94. The second-order valence-electron chi connectivity index (χ2n) is 5.26. The molecule has 0 spiro atoms. The molecule has 4 heteroatoms. The van der Waals surface area contributed by atoms with Crippen molar-refractivity contribution in [3.63, 3.8) is 0 Å². The first-order valence-corrected chi connectivity index (χ1v) is 6.69. The molecule has 1 aliphatic rings. The molecule has 0 aromatic heterocycles.